The van der Waals surface area contributed by atoms with Crippen molar-refractivity contribution in [2.75, 3.05) is 16.8 Å². The molecule has 1 fully saturated rings. The monoisotopic (exact) mass is 283 g/mol. The molecule has 0 radical (unpaired) electrons. The van der Waals surface area contributed by atoms with Crippen LogP contribution in [0.4, 0.5) is 5.82 Å². The number of aromatic nitrogens is 2. The van der Waals surface area contributed by atoms with Gasteiger partial charge in [0.25, 0.3) is 0 Å². The van der Waals surface area contributed by atoms with Crippen molar-refractivity contribution in [2.45, 2.75) is 19.4 Å². The molecule has 1 aliphatic heterocycles. The summed E-state index contributed by atoms with van der Waals surface area (Å²) in [5, 5.41) is 4.21. The van der Waals surface area contributed by atoms with Crippen LogP contribution in [0.3, 0.4) is 0 Å². The van der Waals surface area contributed by atoms with Crippen LogP contribution in [-0.4, -0.2) is 35.9 Å². The number of rotatable bonds is 2. The molecular weight excluding hydrogens is 270 g/mol. The molecule has 0 saturated carbocycles. The van der Waals surface area contributed by atoms with E-state index in [9.17, 15) is 8.42 Å². The predicted octanol–water partition coefficient (Wildman–Crippen LogP) is 1.60. The smallest absolute Gasteiger partial charge is 0.152 e. The minimum atomic E-state index is -2.87. The number of hydrogen-bond donors (Lipinski definition) is 1. The minimum absolute atomic E-state index is 0.0340. The van der Waals surface area contributed by atoms with Crippen molar-refractivity contribution < 1.29 is 8.42 Å². The Kier molecular flexibility index (Phi) is 2.74. The summed E-state index contributed by atoms with van der Waals surface area (Å²) in [6.45, 7) is 2.02. The van der Waals surface area contributed by atoms with Crippen molar-refractivity contribution in [1.29, 1.82) is 0 Å². The molecule has 18 heavy (non-hydrogen) atoms. The molecule has 7 heteroatoms. The number of fused-ring (bicyclic) bond motifs is 1. The van der Waals surface area contributed by atoms with Gasteiger partial charge in [0, 0.05) is 10.9 Å². The number of nitrogens with zero attached hydrogens (tertiary/aromatic N) is 2. The molecule has 1 atom stereocenters. The normalized spacial score (nSPS) is 22.4. The van der Waals surface area contributed by atoms with Gasteiger partial charge >= 0.3 is 0 Å². The Morgan fingerprint density at radius 3 is 3.00 bits per heavy atom. The van der Waals surface area contributed by atoms with Gasteiger partial charge in [-0.05, 0) is 19.4 Å². The lowest BCUT2D eigenvalue weighted by Crippen LogP contribution is -2.21. The highest BCUT2D eigenvalue weighted by atomic mass is 32.2. The molecule has 2 aromatic rings. The van der Waals surface area contributed by atoms with Gasteiger partial charge in [-0.15, -0.1) is 11.3 Å². The van der Waals surface area contributed by atoms with E-state index < -0.39 is 9.84 Å². The molecule has 1 N–H and O–H groups in total. The molecule has 0 aromatic carbocycles. The van der Waals surface area contributed by atoms with Crippen LogP contribution in [0, 0.1) is 6.92 Å². The number of aryl methyl sites for hydroxylation is 1. The molecule has 0 amide bonds. The van der Waals surface area contributed by atoms with E-state index in [0.717, 1.165) is 16.0 Å². The maximum absolute atomic E-state index is 11.4. The fourth-order valence-corrected chi connectivity index (χ4v) is 4.71. The van der Waals surface area contributed by atoms with Crippen LogP contribution in [0.2, 0.25) is 0 Å². The zero-order chi connectivity index (χ0) is 12.8. The number of thiophene rings is 1. The Balaban J connectivity index is 1.91. The number of anilines is 1. The van der Waals surface area contributed by atoms with Gasteiger partial charge in [0.05, 0.1) is 16.9 Å². The van der Waals surface area contributed by atoms with Gasteiger partial charge in [0.15, 0.2) is 9.84 Å². The fraction of sp³-hybridized carbons (Fsp3) is 0.455. The summed E-state index contributed by atoms with van der Waals surface area (Å²) in [5.41, 5.74) is 0. The predicted molar refractivity (Wildman–Crippen MR) is 72.8 cm³/mol. The van der Waals surface area contributed by atoms with Crippen LogP contribution in [0.1, 0.15) is 11.3 Å². The topological polar surface area (TPSA) is 72.0 Å². The lowest BCUT2D eigenvalue weighted by Gasteiger charge is -2.11. The molecular formula is C11H13N3O2S2. The van der Waals surface area contributed by atoms with Gasteiger partial charge in [-0.25, -0.2) is 18.4 Å². The zero-order valence-electron chi connectivity index (χ0n) is 9.88. The van der Waals surface area contributed by atoms with E-state index in [1.165, 1.54) is 11.2 Å². The minimum Gasteiger partial charge on any atom is -0.366 e. The average Bonchev–Trinajstić information content (AvgIpc) is 2.81. The van der Waals surface area contributed by atoms with Crippen molar-refractivity contribution in [3.8, 4) is 0 Å². The average molecular weight is 283 g/mol. The van der Waals surface area contributed by atoms with Gasteiger partial charge in [-0.3, -0.25) is 0 Å². The molecule has 3 heterocycles. The number of sulfone groups is 1. The molecule has 1 unspecified atom stereocenters. The summed E-state index contributed by atoms with van der Waals surface area (Å²) in [6, 6.07) is 2.00. The summed E-state index contributed by atoms with van der Waals surface area (Å²) in [7, 11) is -2.87. The van der Waals surface area contributed by atoms with E-state index in [4.69, 9.17) is 0 Å². The first-order chi connectivity index (χ1) is 8.53. The molecule has 0 aliphatic carbocycles. The molecule has 1 aliphatic rings. The molecule has 0 spiro atoms. The van der Waals surface area contributed by atoms with Crippen LogP contribution < -0.4 is 5.32 Å². The lowest BCUT2D eigenvalue weighted by molar-refractivity contribution is 0.602. The van der Waals surface area contributed by atoms with Gasteiger partial charge in [0.2, 0.25) is 0 Å². The van der Waals surface area contributed by atoms with Gasteiger partial charge in [-0.1, -0.05) is 0 Å². The van der Waals surface area contributed by atoms with E-state index in [2.05, 4.69) is 15.3 Å². The molecule has 2 aromatic heterocycles. The van der Waals surface area contributed by atoms with E-state index in [0.29, 0.717) is 6.42 Å². The highest BCUT2D eigenvalue weighted by Gasteiger charge is 2.28. The van der Waals surface area contributed by atoms with Crippen molar-refractivity contribution >= 4 is 37.2 Å². The molecule has 96 valence electrons. The highest BCUT2D eigenvalue weighted by Crippen LogP contribution is 2.28. The van der Waals surface area contributed by atoms with E-state index in [1.807, 2.05) is 13.0 Å². The summed E-state index contributed by atoms with van der Waals surface area (Å²) < 4.78 is 22.9. The SMILES string of the molecule is Cc1cc2c(NC3CCS(=O)(=O)C3)ncnc2s1. The largest absolute Gasteiger partial charge is 0.366 e. The van der Waals surface area contributed by atoms with Gasteiger partial charge in [0.1, 0.15) is 17.0 Å². The van der Waals surface area contributed by atoms with Crippen molar-refractivity contribution in [3.05, 3.63) is 17.3 Å². The van der Waals surface area contributed by atoms with Crippen molar-refractivity contribution in [1.82, 2.24) is 9.97 Å². The summed E-state index contributed by atoms with van der Waals surface area (Å²) in [6.07, 6.45) is 2.17. The van der Waals surface area contributed by atoms with Gasteiger partial charge in [-0.2, -0.15) is 0 Å². The first-order valence-corrected chi connectivity index (χ1v) is 8.35. The number of nitrogens with one attached hydrogen (secondary N) is 1. The van der Waals surface area contributed by atoms with Gasteiger partial charge < -0.3 is 5.32 Å². The van der Waals surface area contributed by atoms with Crippen LogP contribution >= 0.6 is 11.3 Å². The quantitative estimate of drug-likeness (QED) is 0.906. The summed E-state index contributed by atoms with van der Waals surface area (Å²) >= 11 is 1.61. The Bertz CT molecular complexity index is 693. The van der Waals surface area contributed by atoms with Crippen LogP contribution in [0.25, 0.3) is 10.2 Å². The third-order valence-corrected chi connectivity index (χ3v) is 5.75. The second kappa shape index (κ2) is 4.17. The zero-order valence-corrected chi connectivity index (χ0v) is 11.5. The molecule has 1 saturated heterocycles. The van der Waals surface area contributed by atoms with E-state index >= 15 is 0 Å². The maximum atomic E-state index is 11.4. The van der Waals surface area contributed by atoms with Crippen LogP contribution in [-0.2, 0) is 9.84 Å². The third-order valence-electron chi connectivity index (χ3n) is 3.03. The van der Waals surface area contributed by atoms with Crippen molar-refractivity contribution in [3.63, 3.8) is 0 Å². The summed E-state index contributed by atoms with van der Waals surface area (Å²) in [5.74, 6) is 1.20. The Hall–Kier alpha value is -1.21. The second-order valence-corrected chi connectivity index (χ2v) is 8.01. The maximum Gasteiger partial charge on any atom is 0.152 e. The first kappa shape index (κ1) is 11.9. The lowest BCUT2D eigenvalue weighted by atomic mass is 10.2. The summed E-state index contributed by atoms with van der Waals surface area (Å²) in [4.78, 5) is 10.5. The van der Waals surface area contributed by atoms with Crippen LogP contribution in [0.5, 0.6) is 0 Å². The highest BCUT2D eigenvalue weighted by molar-refractivity contribution is 7.91. The molecule has 5 nitrogen and oxygen atoms in total. The van der Waals surface area contributed by atoms with Crippen molar-refractivity contribution in [2.24, 2.45) is 0 Å². The van der Waals surface area contributed by atoms with Crippen LogP contribution in [0.15, 0.2) is 12.4 Å². The first-order valence-electron chi connectivity index (χ1n) is 5.72. The second-order valence-electron chi connectivity index (χ2n) is 4.54. The molecule has 3 rings (SSSR count). The van der Waals surface area contributed by atoms with E-state index in [-0.39, 0.29) is 17.5 Å². The Morgan fingerprint density at radius 2 is 2.28 bits per heavy atom. The third kappa shape index (κ3) is 2.20. The fourth-order valence-electron chi connectivity index (χ4n) is 2.19. The Labute approximate surface area is 109 Å². The standard InChI is InChI=1S/C11H13N3O2S2/c1-7-4-9-10(12-6-13-11(9)17-7)14-8-2-3-18(15,16)5-8/h4,6,8H,2-3,5H2,1H3,(H,12,13,14). The van der Waals surface area contributed by atoms with E-state index in [1.54, 1.807) is 11.3 Å². The Morgan fingerprint density at radius 1 is 1.44 bits per heavy atom. The number of hydrogen-bond acceptors (Lipinski definition) is 6. The molecule has 0 bridgehead atoms.